The number of rotatable bonds is 13. The zero-order valence-corrected chi connectivity index (χ0v) is 27.2. The first-order valence-corrected chi connectivity index (χ1v) is 14.8. The molecule has 0 saturated carbocycles. The van der Waals surface area contributed by atoms with E-state index in [-0.39, 0.29) is 5.75 Å². The molecule has 2 fully saturated rings. The first-order chi connectivity index (χ1) is 23.0. The molecule has 2 aliphatic rings. The SMILES string of the molecule is CC(=O)OC[C@H]1O[C@H](O[C@]2(COC(C)=O)O[C@H](CO)[C@@H](OC(C)=O)[C@@H]2OC(=O)/C=C/c2ccc(O)cc2)[C@H](OC(C)=O)[C@@H](OC(C)=O)[C@@H]1O. The molecule has 0 spiro atoms. The Balaban J connectivity index is 2.12. The minimum Gasteiger partial charge on any atom is -0.508 e. The van der Waals surface area contributed by atoms with Gasteiger partial charge in [0.1, 0.15) is 37.3 Å². The van der Waals surface area contributed by atoms with Crippen molar-refractivity contribution in [2.24, 2.45) is 0 Å². The van der Waals surface area contributed by atoms with Gasteiger partial charge in [-0.05, 0) is 23.8 Å². The number of esters is 6. The lowest BCUT2D eigenvalue weighted by Crippen LogP contribution is -2.65. The molecule has 2 saturated heterocycles. The van der Waals surface area contributed by atoms with Crippen molar-refractivity contribution in [2.45, 2.75) is 89.4 Å². The molecule has 0 amide bonds. The fourth-order valence-corrected chi connectivity index (χ4v) is 4.99. The van der Waals surface area contributed by atoms with Crippen molar-refractivity contribution in [2.75, 3.05) is 19.8 Å². The van der Waals surface area contributed by atoms with Crippen LogP contribution in [-0.2, 0) is 71.4 Å². The third-order valence-corrected chi connectivity index (χ3v) is 6.94. The lowest BCUT2D eigenvalue weighted by Gasteiger charge is -2.45. The number of benzene rings is 1. The molecule has 3 rings (SSSR count). The van der Waals surface area contributed by atoms with Gasteiger partial charge in [-0.2, -0.15) is 0 Å². The minimum absolute atomic E-state index is 0.0231. The van der Waals surface area contributed by atoms with Crippen molar-refractivity contribution in [3.63, 3.8) is 0 Å². The highest BCUT2D eigenvalue weighted by Gasteiger charge is 2.64. The Morgan fingerprint density at radius 2 is 1.35 bits per heavy atom. The number of phenolic OH excluding ortho intramolecular Hbond substituents is 1. The van der Waals surface area contributed by atoms with Gasteiger partial charge in [0.05, 0.1) is 6.61 Å². The molecule has 2 aliphatic heterocycles. The van der Waals surface area contributed by atoms with Crippen LogP contribution in [0.5, 0.6) is 5.75 Å². The number of ether oxygens (including phenoxy) is 9. The Bertz CT molecular complexity index is 1390. The highest BCUT2D eigenvalue weighted by atomic mass is 16.8. The Labute approximate surface area is 279 Å². The van der Waals surface area contributed by atoms with Crippen LogP contribution in [0.1, 0.15) is 40.2 Å². The molecule has 0 radical (unpaired) electrons. The maximum Gasteiger partial charge on any atom is 0.331 e. The summed E-state index contributed by atoms with van der Waals surface area (Å²) in [5.74, 6) is -8.06. The fourth-order valence-electron chi connectivity index (χ4n) is 4.99. The van der Waals surface area contributed by atoms with E-state index in [4.69, 9.17) is 42.6 Å². The highest BCUT2D eigenvalue weighted by molar-refractivity contribution is 5.87. The van der Waals surface area contributed by atoms with Crippen molar-refractivity contribution >= 4 is 41.9 Å². The Morgan fingerprint density at radius 3 is 1.90 bits per heavy atom. The zero-order chi connectivity index (χ0) is 36.5. The van der Waals surface area contributed by atoms with Crippen molar-refractivity contribution in [1.82, 2.24) is 0 Å². The second-order valence-corrected chi connectivity index (χ2v) is 10.9. The van der Waals surface area contributed by atoms with Crippen LogP contribution in [0.2, 0.25) is 0 Å². The number of phenols is 1. The van der Waals surface area contributed by atoms with Crippen LogP contribution in [0, 0.1) is 0 Å². The quantitative estimate of drug-likeness (QED) is 0.133. The predicted octanol–water partition coefficient (Wildman–Crippen LogP) is -0.572. The average molecular weight is 699 g/mol. The Hall–Kier alpha value is -4.62. The van der Waals surface area contributed by atoms with E-state index in [0.29, 0.717) is 5.56 Å². The van der Waals surface area contributed by atoms with Gasteiger partial charge < -0.3 is 58.0 Å². The molecule has 18 heteroatoms. The van der Waals surface area contributed by atoms with Gasteiger partial charge in [-0.1, -0.05) is 12.1 Å². The maximum atomic E-state index is 13.2. The first kappa shape index (κ1) is 38.8. The van der Waals surface area contributed by atoms with E-state index < -0.39 is 110 Å². The standard InChI is InChI=1S/C31H38O18/c1-15(33)41-13-23-25(40)27(44-18(4)36)28(45-19(5)37)30(46-23)49-31(14-42-16(2)34)29(26(43-17(3)35)22(12-32)48-31)47-24(39)11-8-20-6-9-21(38)10-7-20/h6-11,22-23,25-30,32,38,40H,12-14H2,1-5H3/b11-8+/t22-,23-,25-,26-,27+,28-,29+,30-,31+/m1/s1. The number of carbonyl (C=O) groups is 6. The monoisotopic (exact) mass is 698 g/mol. The van der Waals surface area contributed by atoms with E-state index >= 15 is 0 Å². The normalized spacial score (nSPS) is 29.4. The summed E-state index contributed by atoms with van der Waals surface area (Å²) < 4.78 is 49.7. The number of carbonyl (C=O) groups excluding carboxylic acids is 6. The fraction of sp³-hybridized carbons (Fsp3) is 0.548. The highest BCUT2D eigenvalue weighted by Crippen LogP contribution is 2.41. The van der Waals surface area contributed by atoms with Gasteiger partial charge in [-0.3, -0.25) is 24.0 Å². The van der Waals surface area contributed by atoms with E-state index in [1.807, 2.05) is 0 Å². The predicted molar refractivity (Wildman–Crippen MR) is 157 cm³/mol. The summed E-state index contributed by atoms with van der Waals surface area (Å²) in [6.45, 7) is 2.73. The van der Waals surface area contributed by atoms with E-state index in [9.17, 15) is 44.1 Å². The molecule has 270 valence electrons. The molecular weight excluding hydrogens is 660 g/mol. The average Bonchev–Trinajstić information content (AvgIpc) is 3.28. The van der Waals surface area contributed by atoms with Gasteiger partial charge in [0.25, 0.3) is 0 Å². The second kappa shape index (κ2) is 17.2. The van der Waals surface area contributed by atoms with Crippen LogP contribution in [0.25, 0.3) is 6.08 Å². The number of aromatic hydroxyl groups is 1. The molecule has 49 heavy (non-hydrogen) atoms. The lowest BCUT2D eigenvalue weighted by atomic mass is 9.98. The van der Waals surface area contributed by atoms with Crippen molar-refractivity contribution in [3.8, 4) is 5.75 Å². The van der Waals surface area contributed by atoms with Crippen LogP contribution < -0.4 is 0 Å². The number of hydrogen-bond acceptors (Lipinski definition) is 18. The zero-order valence-electron chi connectivity index (χ0n) is 27.2. The van der Waals surface area contributed by atoms with Crippen LogP contribution in [-0.4, -0.2) is 126 Å². The minimum atomic E-state index is -2.51. The molecule has 3 N–H and O–H groups in total. The van der Waals surface area contributed by atoms with Gasteiger partial charge in [0.2, 0.25) is 12.1 Å². The summed E-state index contributed by atoms with van der Waals surface area (Å²) in [6, 6.07) is 5.72. The number of aliphatic hydroxyl groups is 2. The smallest absolute Gasteiger partial charge is 0.331 e. The van der Waals surface area contributed by atoms with Gasteiger partial charge in [-0.25, -0.2) is 4.79 Å². The summed E-state index contributed by atoms with van der Waals surface area (Å²) in [6.07, 6.45) is -11.3. The van der Waals surface area contributed by atoms with E-state index in [0.717, 1.165) is 40.7 Å². The summed E-state index contributed by atoms with van der Waals surface area (Å²) in [5.41, 5.74) is 0.471. The van der Waals surface area contributed by atoms with Gasteiger partial charge in [-0.15, -0.1) is 0 Å². The van der Waals surface area contributed by atoms with Crippen LogP contribution >= 0.6 is 0 Å². The summed E-state index contributed by atoms with van der Waals surface area (Å²) >= 11 is 0. The van der Waals surface area contributed by atoms with Crippen LogP contribution in [0.15, 0.2) is 30.3 Å². The third kappa shape index (κ3) is 10.7. The van der Waals surface area contributed by atoms with Crippen molar-refractivity contribution in [1.29, 1.82) is 0 Å². The van der Waals surface area contributed by atoms with Gasteiger partial charge in [0.15, 0.2) is 24.4 Å². The first-order valence-electron chi connectivity index (χ1n) is 14.8. The van der Waals surface area contributed by atoms with E-state index in [1.165, 1.54) is 30.3 Å². The molecule has 9 atom stereocenters. The summed E-state index contributed by atoms with van der Waals surface area (Å²) in [5, 5.41) is 30.8. The van der Waals surface area contributed by atoms with Crippen LogP contribution in [0.3, 0.4) is 0 Å². The topological polar surface area (TPSA) is 246 Å². The van der Waals surface area contributed by atoms with Crippen molar-refractivity contribution < 1.29 is 86.7 Å². The molecule has 0 unspecified atom stereocenters. The Morgan fingerprint density at radius 1 is 0.776 bits per heavy atom. The largest absolute Gasteiger partial charge is 0.508 e. The molecule has 18 nitrogen and oxygen atoms in total. The molecule has 2 heterocycles. The number of hydrogen-bond donors (Lipinski definition) is 3. The molecule has 1 aromatic rings. The van der Waals surface area contributed by atoms with E-state index in [1.54, 1.807) is 0 Å². The lowest BCUT2D eigenvalue weighted by molar-refractivity contribution is -0.384. The van der Waals surface area contributed by atoms with E-state index in [2.05, 4.69) is 0 Å². The molecule has 1 aromatic carbocycles. The molecule has 0 aromatic heterocycles. The van der Waals surface area contributed by atoms with Crippen molar-refractivity contribution in [3.05, 3.63) is 35.9 Å². The van der Waals surface area contributed by atoms with Gasteiger partial charge >= 0.3 is 35.8 Å². The summed E-state index contributed by atoms with van der Waals surface area (Å²) in [4.78, 5) is 73.2. The molecule has 0 bridgehead atoms. The second-order valence-electron chi connectivity index (χ2n) is 10.9. The Kier molecular flexibility index (Phi) is 13.6. The summed E-state index contributed by atoms with van der Waals surface area (Å²) in [7, 11) is 0. The number of aliphatic hydroxyl groups excluding tert-OH is 2. The third-order valence-electron chi connectivity index (χ3n) is 6.94. The van der Waals surface area contributed by atoms with Crippen LogP contribution in [0.4, 0.5) is 0 Å². The molecular formula is C31H38O18. The van der Waals surface area contributed by atoms with Gasteiger partial charge in [0, 0.05) is 40.7 Å². The maximum absolute atomic E-state index is 13.2. The molecule has 0 aliphatic carbocycles.